The molecule has 0 spiro atoms. The van der Waals surface area contributed by atoms with E-state index in [0.717, 1.165) is 66.9 Å². The summed E-state index contributed by atoms with van der Waals surface area (Å²) in [6.07, 6.45) is -0.442. The summed E-state index contributed by atoms with van der Waals surface area (Å²) in [5.74, 6) is -0.495. The number of carboxylic acids is 1. The van der Waals surface area contributed by atoms with Gasteiger partial charge in [-0.2, -0.15) is 13.2 Å². The van der Waals surface area contributed by atoms with Gasteiger partial charge in [0.05, 0.1) is 11.1 Å². The minimum absolute atomic E-state index is 0.136. The van der Waals surface area contributed by atoms with Gasteiger partial charge in [0.1, 0.15) is 0 Å². The second kappa shape index (κ2) is 8.51. The Morgan fingerprint density at radius 1 is 1.07 bits per heavy atom. The van der Waals surface area contributed by atoms with Crippen molar-refractivity contribution >= 4 is 23.6 Å². The highest BCUT2D eigenvalue weighted by Crippen LogP contribution is 2.45. The Bertz CT molecular complexity index is 938. The van der Waals surface area contributed by atoms with Gasteiger partial charge in [0.2, 0.25) is 0 Å². The van der Waals surface area contributed by atoms with Crippen LogP contribution >= 0.6 is 11.9 Å². The SMILES string of the molecule is O=C(O)c1ccc(C2CC2)c(SNc2cc(C(F)(F)F)ccc2C2CCCNC2)c1. The number of rotatable bonds is 6. The molecule has 2 fully saturated rings. The monoisotopic (exact) mass is 436 g/mol. The summed E-state index contributed by atoms with van der Waals surface area (Å²) in [5.41, 5.74) is 1.81. The van der Waals surface area contributed by atoms with Gasteiger partial charge in [0.25, 0.3) is 0 Å². The van der Waals surface area contributed by atoms with E-state index in [4.69, 9.17) is 0 Å². The van der Waals surface area contributed by atoms with Crippen molar-refractivity contribution in [1.29, 1.82) is 0 Å². The van der Waals surface area contributed by atoms with Crippen molar-refractivity contribution in [2.24, 2.45) is 0 Å². The summed E-state index contributed by atoms with van der Waals surface area (Å²) >= 11 is 1.20. The molecule has 0 aromatic heterocycles. The number of piperidine rings is 1. The molecule has 8 heteroatoms. The lowest BCUT2D eigenvalue weighted by Gasteiger charge is -2.26. The van der Waals surface area contributed by atoms with E-state index in [-0.39, 0.29) is 11.5 Å². The molecule has 2 aromatic rings. The molecule has 2 aromatic carbocycles. The van der Waals surface area contributed by atoms with E-state index >= 15 is 0 Å². The standard InChI is InChI=1S/C22H23F3N2O2S/c23-22(24,25)16-6-8-17(15-2-1-9-26-12-15)19(11-16)27-30-20-10-14(21(28)29)5-7-18(20)13-3-4-13/h5-8,10-11,13,15,26-27H,1-4,9,12H2,(H,28,29). The molecule has 1 unspecified atom stereocenters. The van der Waals surface area contributed by atoms with Crippen LogP contribution in [0.15, 0.2) is 41.3 Å². The summed E-state index contributed by atoms with van der Waals surface area (Å²) in [4.78, 5) is 12.1. The van der Waals surface area contributed by atoms with Gasteiger partial charge in [0, 0.05) is 17.1 Å². The lowest BCUT2D eigenvalue weighted by atomic mass is 9.90. The summed E-state index contributed by atoms with van der Waals surface area (Å²) in [5, 5.41) is 12.6. The Balaban J connectivity index is 1.64. The average Bonchev–Trinajstić information content (AvgIpc) is 3.57. The van der Waals surface area contributed by atoms with Crippen LogP contribution in [0.3, 0.4) is 0 Å². The molecule has 0 radical (unpaired) electrons. The molecular formula is C22H23F3N2O2S. The summed E-state index contributed by atoms with van der Waals surface area (Å²) in [6.45, 7) is 1.65. The number of benzene rings is 2. The number of halogens is 3. The van der Waals surface area contributed by atoms with Crippen LogP contribution in [0.1, 0.15) is 64.6 Å². The minimum atomic E-state index is -4.42. The van der Waals surface area contributed by atoms with E-state index in [1.54, 1.807) is 18.2 Å². The summed E-state index contributed by atoms with van der Waals surface area (Å²) in [6, 6.07) is 8.88. The maximum atomic E-state index is 13.3. The minimum Gasteiger partial charge on any atom is -0.478 e. The van der Waals surface area contributed by atoms with Crippen molar-refractivity contribution < 1.29 is 23.1 Å². The molecule has 160 valence electrons. The fourth-order valence-corrected chi connectivity index (χ4v) is 4.83. The third kappa shape index (κ3) is 4.75. The van der Waals surface area contributed by atoms with E-state index < -0.39 is 17.7 Å². The Labute approximate surface area is 177 Å². The Hall–Kier alpha value is -2.19. The van der Waals surface area contributed by atoms with Crippen LogP contribution in [-0.2, 0) is 6.18 Å². The van der Waals surface area contributed by atoms with Gasteiger partial charge in [-0.25, -0.2) is 4.79 Å². The van der Waals surface area contributed by atoms with E-state index in [1.807, 2.05) is 6.07 Å². The van der Waals surface area contributed by atoms with Crippen LogP contribution in [0.2, 0.25) is 0 Å². The largest absolute Gasteiger partial charge is 0.478 e. The number of carbonyl (C=O) groups is 1. The number of alkyl halides is 3. The number of aromatic carboxylic acids is 1. The predicted octanol–water partition coefficient (Wildman–Crippen LogP) is 5.87. The third-order valence-corrected chi connectivity index (χ3v) is 6.56. The van der Waals surface area contributed by atoms with Gasteiger partial charge in [-0.1, -0.05) is 12.1 Å². The number of anilines is 1. The zero-order chi connectivity index (χ0) is 21.3. The first kappa shape index (κ1) is 21.1. The van der Waals surface area contributed by atoms with Gasteiger partial charge >= 0.3 is 12.1 Å². The van der Waals surface area contributed by atoms with Crippen LogP contribution in [0, 0.1) is 0 Å². The number of hydrogen-bond acceptors (Lipinski definition) is 4. The molecular weight excluding hydrogens is 413 g/mol. The maximum Gasteiger partial charge on any atom is 0.416 e. The third-order valence-electron chi connectivity index (χ3n) is 5.67. The van der Waals surface area contributed by atoms with E-state index in [1.165, 1.54) is 11.9 Å². The van der Waals surface area contributed by atoms with E-state index in [9.17, 15) is 23.1 Å². The molecule has 1 saturated heterocycles. The second-order valence-electron chi connectivity index (χ2n) is 7.88. The topological polar surface area (TPSA) is 61.4 Å². The first-order valence-electron chi connectivity index (χ1n) is 10.0. The lowest BCUT2D eigenvalue weighted by molar-refractivity contribution is -0.137. The highest BCUT2D eigenvalue weighted by Gasteiger charge is 2.32. The fourth-order valence-electron chi connectivity index (χ4n) is 3.89. The quantitative estimate of drug-likeness (QED) is 0.495. The van der Waals surface area contributed by atoms with Gasteiger partial charge in [-0.05, 0) is 91.4 Å². The average molecular weight is 436 g/mol. The molecule has 4 nitrogen and oxygen atoms in total. The Morgan fingerprint density at radius 2 is 1.83 bits per heavy atom. The predicted molar refractivity (Wildman–Crippen MR) is 111 cm³/mol. The molecule has 2 aliphatic rings. The molecule has 0 amide bonds. The van der Waals surface area contributed by atoms with E-state index in [2.05, 4.69) is 10.0 Å². The first-order chi connectivity index (χ1) is 14.3. The van der Waals surface area contributed by atoms with Crippen molar-refractivity contribution in [2.75, 3.05) is 17.8 Å². The maximum absolute atomic E-state index is 13.3. The summed E-state index contributed by atoms with van der Waals surface area (Å²) < 4.78 is 43.1. The molecule has 3 N–H and O–H groups in total. The molecule has 1 aliphatic carbocycles. The van der Waals surface area contributed by atoms with Crippen molar-refractivity contribution in [2.45, 2.75) is 48.6 Å². The van der Waals surface area contributed by atoms with Gasteiger partial charge in [-0.3, -0.25) is 0 Å². The fraction of sp³-hybridized carbons (Fsp3) is 0.409. The van der Waals surface area contributed by atoms with Crippen molar-refractivity contribution in [3.05, 3.63) is 58.7 Å². The van der Waals surface area contributed by atoms with Crippen molar-refractivity contribution in [3.63, 3.8) is 0 Å². The molecule has 1 saturated carbocycles. The van der Waals surface area contributed by atoms with Crippen LogP contribution < -0.4 is 10.0 Å². The van der Waals surface area contributed by atoms with Crippen LogP contribution in [-0.4, -0.2) is 24.2 Å². The van der Waals surface area contributed by atoms with Crippen molar-refractivity contribution in [1.82, 2.24) is 5.32 Å². The molecule has 1 atom stereocenters. The normalized spacial score (nSPS) is 19.5. The highest BCUT2D eigenvalue weighted by molar-refractivity contribution is 8.00. The zero-order valence-electron chi connectivity index (χ0n) is 16.3. The number of hydrogen-bond donors (Lipinski definition) is 3. The highest BCUT2D eigenvalue weighted by atomic mass is 32.2. The smallest absolute Gasteiger partial charge is 0.416 e. The van der Waals surface area contributed by atoms with Crippen molar-refractivity contribution in [3.8, 4) is 0 Å². The van der Waals surface area contributed by atoms with Gasteiger partial charge < -0.3 is 15.1 Å². The first-order valence-corrected chi connectivity index (χ1v) is 10.9. The molecule has 0 bridgehead atoms. The van der Waals surface area contributed by atoms with Crippen LogP contribution in [0.4, 0.5) is 18.9 Å². The Kier molecular flexibility index (Phi) is 5.97. The molecule has 1 heterocycles. The molecule has 4 rings (SSSR count). The molecule has 1 aliphatic heterocycles. The van der Waals surface area contributed by atoms with E-state index in [0.29, 0.717) is 11.6 Å². The Morgan fingerprint density at radius 3 is 2.47 bits per heavy atom. The van der Waals surface area contributed by atoms with Crippen LogP contribution in [0.25, 0.3) is 0 Å². The van der Waals surface area contributed by atoms with Gasteiger partial charge in [0.15, 0.2) is 0 Å². The number of nitrogens with one attached hydrogen (secondary N) is 2. The van der Waals surface area contributed by atoms with Gasteiger partial charge in [-0.15, -0.1) is 0 Å². The molecule has 30 heavy (non-hydrogen) atoms. The zero-order valence-corrected chi connectivity index (χ0v) is 17.1. The lowest BCUT2D eigenvalue weighted by Crippen LogP contribution is -2.28. The summed E-state index contributed by atoms with van der Waals surface area (Å²) in [7, 11) is 0. The van der Waals surface area contributed by atoms with Crippen LogP contribution in [0.5, 0.6) is 0 Å². The number of carboxylic acid groups (broad SMARTS) is 1. The second-order valence-corrected chi connectivity index (χ2v) is 8.73.